The molecule has 4 aromatic rings. The van der Waals surface area contributed by atoms with Gasteiger partial charge in [-0.15, -0.1) is 15.3 Å². The Labute approximate surface area is 161 Å². The molecule has 29 heavy (non-hydrogen) atoms. The lowest BCUT2D eigenvalue weighted by molar-refractivity contribution is -0.146. The molecule has 0 unspecified atom stereocenters. The zero-order valence-corrected chi connectivity index (χ0v) is 14.6. The molecule has 3 heterocycles. The Bertz CT molecular complexity index is 1140. The van der Waals surface area contributed by atoms with E-state index in [2.05, 4.69) is 25.9 Å². The number of aromatic nitrogens is 4. The Kier molecular flexibility index (Phi) is 4.63. The van der Waals surface area contributed by atoms with Crippen molar-refractivity contribution in [2.24, 2.45) is 0 Å². The van der Waals surface area contributed by atoms with Crippen molar-refractivity contribution in [3.63, 3.8) is 0 Å². The summed E-state index contributed by atoms with van der Waals surface area (Å²) >= 11 is 0. The fourth-order valence-electron chi connectivity index (χ4n) is 2.56. The second-order valence-corrected chi connectivity index (χ2v) is 5.99. The number of halogens is 3. The number of alkyl halides is 3. The predicted molar refractivity (Wildman–Crippen MR) is 96.2 cm³/mol. The van der Waals surface area contributed by atoms with E-state index in [0.29, 0.717) is 16.7 Å². The van der Waals surface area contributed by atoms with Gasteiger partial charge in [-0.25, -0.2) is 0 Å². The number of hydrogen-bond donors (Lipinski definition) is 2. The summed E-state index contributed by atoms with van der Waals surface area (Å²) in [5.41, 5.74) is 1.41. The van der Waals surface area contributed by atoms with Gasteiger partial charge in [0.15, 0.2) is 11.4 Å². The molecule has 2 N–H and O–H groups in total. The minimum Gasteiger partial charge on any atom is -0.459 e. The van der Waals surface area contributed by atoms with Crippen LogP contribution in [0, 0.1) is 0 Å². The standard InChI is InChI=1S/C18H13F3N6O2/c19-18(20,21)17-25-24-15-8-7-14(26-27(15)17)22-10-11-3-5-12(6-4-11)23-16(28)13-2-1-9-29-13/h1-9H,10H2,(H,22,26)(H,23,28). The first-order valence-electron chi connectivity index (χ1n) is 8.37. The summed E-state index contributed by atoms with van der Waals surface area (Å²) in [6.45, 7) is 0.314. The molecule has 0 fully saturated rings. The van der Waals surface area contributed by atoms with Crippen LogP contribution in [0.15, 0.2) is 59.2 Å². The van der Waals surface area contributed by atoms with Crippen LogP contribution in [0.3, 0.4) is 0 Å². The molecular weight excluding hydrogens is 389 g/mol. The molecule has 148 valence electrons. The van der Waals surface area contributed by atoms with E-state index in [1.54, 1.807) is 36.4 Å². The predicted octanol–water partition coefficient (Wildman–Crippen LogP) is 3.60. The first kappa shape index (κ1) is 18.5. The molecular formula is C18H13F3N6O2. The van der Waals surface area contributed by atoms with Crippen molar-refractivity contribution in [2.45, 2.75) is 12.7 Å². The number of amides is 1. The zero-order chi connectivity index (χ0) is 20.4. The van der Waals surface area contributed by atoms with E-state index in [1.807, 2.05) is 0 Å². The van der Waals surface area contributed by atoms with Crippen LogP contribution in [0.4, 0.5) is 24.7 Å². The number of nitrogens with one attached hydrogen (secondary N) is 2. The number of anilines is 2. The van der Waals surface area contributed by atoms with Crippen LogP contribution in [-0.4, -0.2) is 25.7 Å². The lowest BCUT2D eigenvalue weighted by atomic mass is 10.2. The number of furan rings is 1. The van der Waals surface area contributed by atoms with E-state index >= 15 is 0 Å². The molecule has 0 aliphatic carbocycles. The zero-order valence-electron chi connectivity index (χ0n) is 14.6. The van der Waals surface area contributed by atoms with Gasteiger partial charge in [-0.05, 0) is 42.0 Å². The van der Waals surface area contributed by atoms with Crippen LogP contribution in [0.1, 0.15) is 21.9 Å². The van der Waals surface area contributed by atoms with Gasteiger partial charge >= 0.3 is 6.18 Å². The first-order valence-corrected chi connectivity index (χ1v) is 8.37. The molecule has 0 atom stereocenters. The average Bonchev–Trinajstić information content (AvgIpc) is 3.36. The molecule has 0 aliphatic heterocycles. The second kappa shape index (κ2) is 7.26. The van der Waals surface area contributed by atoms with Gasteiger partial charge in [-0.2, -0.15) is 17.7 Å². The van der Waals surface area contributed by atoms with Crippen molar-refractivity contribution in [2.75, 3.05) is 10.6 Å². The van der Waals surface area contributed by atoms with Crippen LogP contribution >= 0.6 is 0 Å². The fraction of sp³-hybridized carbons (Fsp3) is 0.111. The summed E-state index contributed by atoms with van der Waals surface area (Å²) in [6.07, 6.45) is -3.24. The quantitative estimate of drug-likeness (QED) is 0.529. The van der Waals surface area contributed by atoms with Gasteiger partial charge < -0.3 is 15.1 Å². The van der Waals surface area contributed by atoms with E-state index in [4.69, 9.17) is 4.42 Å². The Hall–Kier alpha value is -3.89. The van der Waals surface area contributed by atoms with Crippen LogP contribution in [-0.2, 0) is 12.7 Å². The third kappa shape index (κ3) is 4.03. The highest BCUT2D eigenvalue weighted by atomic mass is 19.4. The molecule has 0 radical (unpaired) electrons. The van der Waals surface area contributed by atoms with E-state index in [-0.39, 0.29) is 23.1 Å². The van der Waals surface area contributed by atoms with Gasteiger partial charge in [0.1, 0.15) is 5.82 Å². The first-order chi connectivity index (χ1) is 13.9. The number of carbonyl (C=O) groups excluding carboxylic acids is 1. The number of hydrogen-bond acceptors (Lipinski definition) is 6. The number of nitrogens with zero attached hydrogens (tertiary/aromatic N) is 4. The van der Waals surface area contributed by atoms with Crippen molar-refractivity contribution in [1.82, 2.24) is 19.8 Å². The largest absolute Gasteiger partial charge is 0.459 e. The Morgan fingerprint density at radius 1 is 1.07 bits per heavy atom. The molecule has 1 aromatic carbocycles. The maximum absolute atomic E-state index is 12.9. The van der Waals surface area contributed by atoms with Crippen LogP contribution < -0.4 is 10.6 Å². The van der Waals surface area contributed by atoms with Gasteiger partial charge in [-0.3, -0.25) is 4.79 Å². The average molecular weight is 402 g/mol. The van der Waals surface area contributed by atoms with Gasteiger partial charge in [0.2, 0.25) is 0 Å². The molecule has 0 saturated carbocycles. The third-order valence-electron chi connectivity index (χ3n) is 3.95. The van der Waals surface area contributed by atoms with E-state index < -0.39 is 12.0 Å². The highest BCUT2D eigenvalue weighted by Crippen LogP contribution is 2.27. The molecule has 0 spiro atoms. The smallest absolute Gasteiger partial charge is 0.453 e. The molecule has 0 bridgehead atoms. The number of rotatable bonds is 5. The van der Waals surface area contributed by atoms with Crippen molar-refractivity contribution >= 4 is 23.1 Å². The number of fused-ring (bicyclic) bond motifs is 1. The second-order valence-electron chi connectivity index (χ2n) is 5.99. The van der Waals surface area contributed by atoms with Gasteiger partial charge in [0.25, 0.3) is 11.7 Å². The van der Waals surface area contributed by atoms with Crippen molar-refractivity contribution < 1.29 is 22.4 Å². The van der Waals surface area contributed by atoms with Crippen LogP contribution in [0.5, 0.6) is 0 Å². The Balaban J connectivity index is 1.42. The minimum absolute atomic E-state index is 0.000438. The minimum atomic E-state index is -4.65. The summed E-state index contributed by atoms with van der Waals surface area (Å²) in [6, 6.07) is 13.0. The summed E-state index contributed by atoms with van der Waals surface area (Å²) in [4.78, 5) is 11.9. The lowest BCUT2D eigenvalue weighted by Gasteiger charge is -2.08. The summed E-state index contributed by atoms with van der Waals surface area (Å²) in [7, 11) is 0. The monoisotopic (exact) mass is 402 g/mol. The number of carbonyl (C=O) groups is 1. The van der Waals surface area contributed by atoms with Gasteiger partial charge in [-0.1, -0.05) is 12.1 Å². The Morgan fingerprint density at radius 2 is 1.86 bits per heavy atom. The third-order valence-corrected chi connectivity index (χ3v) is 3.95. The van der Waals surface area contributed by atoms with Crippen molar-refractivity contribution in [3.8, 4) is 0 Å². The van der Waals surface area contributed by atoms with Crippen molar-refractivity contribution in [1.29, 1.82) is 0 Å². The molecule has 0 aliphatic rings. The van der Waals surface area contributed by atoms with E-state index in [9.17, 15) is 18.0 Å². The van der Waals surface area contributed by atoms with Crippen molar-refractivity contribution in [3.05, 3.63) is 71.9 Å². The highest BCUT2D eigenvalue weighted by molar-refractivity contribution is 6.02. The molecule has 1 amide bonds. The Morgan fingerprint density at radius 3 is 2.55 bits per heavy atom. The highest BCUT2D eigenvalue weighted by Gasteiger charge is 2.37. The fourth-order valence-corrected chi connectivity index (χ4v) is 2.56. The van der Waals surface area contributed by atoms with E-state index in [0.717, 1.165) is 5.56 Å². The summed E-state index contributed by atoms with van der Waals surface area (Å²) in [5, 5.41) is 16.1. The van der Waals surface area contributed by atoms with E-state index in [1.165, 1.54) is 18.4 Å². The van der Waals surface area contributed by atoms with Crippen LogP contribution in [0.2, 0.25) is 0 Å². The molecule has 0 saturated heterocycles. The maximum atomic E-state index is 12.9. The molecule has 8 nitrogen and oxygen atoms in total. The normalized spacial score (nSPS) is 11.6. The SMILES string of the molecule is O=C(Nc1ccc(CNc2ccc3nnc(C(F)(F)F)n3n2)cc1)c1ccco1. The number of benzene rings is 1. The summed E-state index contributed by atoms with van der Waals surface area (Å²) in [5.74, 6) is -1.12. The topological polar surface area (TPSA) is 97.3 Å². The molecule has 3 aromatic heterocycles. The molecule has 11 heteroatoms. The maximum Gasteiger partial charge on any atom is 0.453 e. The molecule has 4 rings (SSSR count). The lowest BCUT2D eigenvalue weighted by Crippen LogP contribution is -2.13. The summed E-state index contributed by atoms with van der Waals surface area (Å²) < 4.78 is 44.5. The van der Waals surface area contributed by atoms with Crippen LogP contribution in [0.25, 0.3) is 5.65 Å². The van der Waals surface area contributed by atoms with Gasteiger partial charge in [0.05, 0.1) is 6.26 Å². The van der Waals surface area contributed by atoms with Gasteiger partial charge in [0, 0.05) is 12.2 Å².